The zero-order valence-electron chi connectivity index (χ0n) is 13.3. The number of amides is 2. The SMILES string of the molecule is C=C(C)CCC(C)C(=O)NC12CCCC(CCC1)NC2=O. The Kier molecular flexibility index (Phi) is 5.07. The van der Waals surface area contributed by atoms with Gasteiger partial charge in [-0.1, -0.05) is 12.5 Å². The molecular formula is C17H28N2O2. The minimum atomic E-state index is -0.667. The summed E-state index contributed by atoms with van der Waals surface area (Å²) in [5.74, 6) is -0.0409. The Hall–Kier alpha value is -1.32. The summed E-state index contributed by atoms with van der Waals surface area (Å²) in [4.78, 5) is 25.0. The number of carbonyl (C=O) groups is 2. The van der Waals surface area contributed by atoms with E-state index < -0.39 is 5.54 Å². The highest BCUT2D eigenvalue weighted by atomic mass is 16.2. The third kappa shape index (κ3) is 3.86. The molecule has 21 heavy (non-hydrogen) atoms. The molecule has 2 aliphatic rings. The van der Waals surface area contributed by atoms with Crippen LogP contribution >= 0.6 is 0 Å². The lowest BCUT2D eigenvalue weighted by molar-refractivity contribution is -0.135. The average molecular weight is 292 g/mol. The van der Waals surface area contributed by atoms with Gasteiger partial charge in [-0.05, 0) is 58.3 Å². The molecule has 2 fully saturated rings. The molecule has 0 spiro atoms. The van der Waals surface area contributed by atoms with Gasteiger partial charge in [0.25, 0.3) is 0 Å². The molecule has 1 unspecified atom stereocenters. The highest BCUT2D eigenvalue weighted by molar-refractivity contribution is 5.92. The van der Waals surface area contributed by atoms with Crippen molar-refractivity contribution in [2.45, 2.75) is 76.8 Å². The van der Waals surface area contributed by atoms with Crippen molar-refractivity contribution in [3.8, 4) is 0 Å². The third-order valence-electron chi connectivity index (χ3n) is 4.90. The van der Waals surface area contributed by atoms with Crippen LogP contribution in [0.2, 0.25) is 0 Å². The Labute approximate surface area is 127 Å². The number of hydrogen-bond acceptors (Lipinski definition) is 2. The first-order chi connectivity index (χ1) is 9.93. The molecule has 0 aromatic rings. The van der Waals surface area contributed by atoms with E-state index in [1.54, 1.807) is 0 Å². The fraction of sp³-hybridized carbons (Fsp3) is 0.765. The molecule has 4 nitrogen and oxygen atoms in total. The van der Waals surface area contributed by atoms with Gasteiger partial charge in [-0.25, -0.2) is 0 Å². The summed E-state index contributed by atoms with van der Waals surface area (Å²) in [5, 5.41) is 6.20. The molecule has 2 rings (SSSR count). The molecule has 0 radical (unpaired) electrons. The maximum atomic E-state index is 12.5. The molecule has 4 heteroatoms. The zero-order valence-corrected chi connectivity index (χ0v) is 13.3. The molecule has 2 amide bonds. The summed E-state index contributed by atoms with van der Waals surface area (Å²) in [7, 11) is 0. The predicted octanol–water partition coefficient (Wildman–Crippen LogP) is 2.69. The number of carbonyl (C=O) groups excluding carboxylic acids is 2. The van der Waals surface area contributed by atoms with Crippen molar-refractivity contribution in [3.63, 3.8) is 0 Å². The molecular weight excluding hydrogens is 264 g/mol. The summed E-state index contributed by atoms with van der Waals surface area (Å²) >= 11 is 0. The highest BCUT2D eigenvalue weighted by Crippen LogP contribution is 2.31. The second-order valence-electron chi connectivity index (χ2n) is 6.92. The van der Waals surface area contributed by atoms with Gasteiger partial charge >= 0.3 is 0 Å². The zero-order chi connectivity index (χ0) is 15.5. The number of rotatable bonds is 5. The second kappa shape index (κ2) is 6.63. The van der Waals surface area contributed by atoms with Crippen LogP contribution < -0.4 is 10.6 Å². The molecule has 2 N–H and O–H groups in total. The van der Waals surface area contributed by atoms with E-state index in [1.807, 2.05) is 13.8 Å². The van der Waals surface area contributed by atoms with Crippen LogP contribution in [0.5, 0.6) is 0 Å². The fourth-order valence-electron chi connectivity index (χ4n) is 3.40. The lowest BCUT2D eigenvalue weighted by Gasteiger charge is -2.32. The van der Waals surface area contributed by atoms with Crippen molar-refractivity contribution in [2.75, 3.05) is 0 Å². The van der Waals surface area contributed by atoms with E-state index in [9.17, 15) is 9.59 Å². The Morgan fingerprint density at radius 3 is 2.62 bits per heavy atom. The van der Waals surface area contributed by atoms with Gasteiger partial charge in [0.1, 0.15) is 5.54 Å². The van der Waals surface area contributed by atoms with E-state index in [2.05, 4.69) is 17.2 Å². The minimum Gasteiger partial charge on any atom is -0.351 e. The topological polar surface area (TPSA) is 58.2 Å². The van der Waals surface area contributed by atoms with Crippen LogP contribution in [-0.4, -0.2) is 23.4 Å². The predicted molar refractivity (Wildman–Crippen MR) is 83.7 cm³/mol. The van der Waals surface area contributed by atoms with Crippen LogP contribution in [0.3, 0.4) is 0 Å². The summed E-state index contributed by atoms with van der Waals surface area (Å²) < 4.78 is 0. The monoisotopic (exact) mass is 292 g/mol. The molecule has 0 aliphatic carbocycles. The first-order valence-electron chi connectivity index (χ1n) is 8.20. The molecule has 1 atom stereocenters. The molecule has 0 aromatic carbocycles. The van der Waals surface area contributed by atoms with Gasteiger partial charge in [0.05, 0.1) is 0 Å². The van der Waals surface area contributed by atoms with Gasteiger partial charge < -0.3 is 10.6 Å². The average Bonchev–Trinajstić information content (AvgIpc) is 2.64. The van der Waals surface area contributed by atoms with Gasteiger partial charge in [-0.2, -0.15) is 0 Å². The Bertz CT molecular complexity index is 421. The van der Waals surface area contributed by atoms with Gasteiger partial charge in [0.15, 0.2) is 0 Å². The van der Waals surface area contributed by atoms with Crippen LogP contribution in [-0.2, 0) is 9.59 Å². The summed E-state index contributed by atoms with van der Waals surface area (Å²) in [6.45, 7) is 7.79. The second-order valence-corrected chi connectivity index (χ2v) is 6.92. The van der Waals surface area contributed by atoms with Crippen LogP contribution in [0.4, 0.5) is 0 Å². The van der Waals surface area contributed by atoms with E-state index in [1.165, 1.54) is 0 Å². The van der Waals surface area contributed by atoms with Crippen molar-refractivity contribution in [1.29, 1.82) is 0 Å². The molecule has 2 aliphatic heterocycles. The lowest BCUT2D eigenvalue weighted by atomic mass is 9.84. The number of nitrogens with one attached hydrogen (secondary N) is 2. The normalized spacial score (nSPS) is 30.0. The number of hydrogen-bond donors (Lipinski definition) is 2. The molecule has 118 valence electrons. The van der Waals surface area contributed by atoms with Crippen molar-refractivity contribution >= 4 is 11.8 Å². The first-order valence-corrected chi connectivity index (χ1v) is 8.20. The standard InChI is InChI=1S/C17H28N2O2/c1-12(2)8-9-13(3)15(20)19-17-10-4-6-14(7-5-11-17)18-16(17)21/h13-14H,1,4-11H2,2-3H3,(H,18,21)(H,19,20). The Morgan fingerprint density at radius 1 is 1.43 bits per heavy atom. The quantitative estimate of drug-likeness (QED) is 0.765. The number of fused-ring (bicyclic) bond motifs is 3. The Morgan fingerprint density at radius 2 is 2.05 bits per heavy atom. The van der Waals surface area contributed by atoms with Crippen LogP contribution in [0, 0.1) is 5.92 Å². The van der Waals surface area contributed by atoms with Crippen molar-refractivity contribution in [1.82, 2.24) is 10.6 Å². The molecule has 2 heterocycles. The van der Waals surface area contributed by atoms with Gasteiger partial charge in [0.2, 0.25) is 11.8 Å². The summed E-state index contributed by atoms with van der Waals surface area (Å²) in [6, 6.07) is 0.305. The van der Waals surface area contributed by atoms with Crippen LogP contribution in [0.25, 0.3) is 0 Å². The van der Waals surface area contributed by atoms with Gasteiger partial charge in [-0.15, -0.1) is 6.58 Å². The summed E-state index contributed by atoms with van der Waals surface area (Å²) in [6.07, 6.45) is 7.27. The van der Waals surface area contributed by atoms with Crippen LogP contribution in [0.1, 0.15) is 65.2 Å². The Balaban J connectivity index is 2.02. The fourth-order valence-corrected chi connectivity index (χ4v) is 3.40. The third-order valence-corrected chi connectivity index (χ3v) is 4.90. The molecule has 0 saturated carbocycles. The molecule has 0 aromatic heterocycles. The smallest absolute Gasteiger partial charge is 0.245 e. The van der Waals surface area contributed by atoms with Crippen molar-refractivity contribution in [2.24, 2.45) is 5.92 Å². The number of allylic oxidation sites excluding steroid dienone is 1. The first kappa shape index (κ1) is 16.1. The van der Waals surface area contributed by atoms with Gasteiger partial charge in [-0.3, -0.25) is 9.59 Å². The maximum Gasteiger partial charge on any atom is 0.245 e. The van der Waals surface area contributed by atoms with Crippen LogP contribution in [0.15, 0.2) is 12.2 Å². The van der Waals surface area contributed by atoms with Crippen molar-refractivity contribution in [3.05, 3.63) is 12.2 Å². The van der Waals surface area contributed by atoms with E-state index in [0.717, 1.165) is 56.9 Å². The van der Waals surface area contributed by atoms with E-state index in [4.69, 9.17) is 0 Å². The van der Waals surface area contributed by atoms with E-state index in [-0.39, 0.29) is 17.7 Å². The van der Waals surface area contributed by atoms with E-state index >= 15 is 0 Å². The molecule has 2 bridgehead atoms. The van der Waals surface area contributed by atoms with Crippen molar-refractivity contribution < 1.29 is 9.59 Å². The molecule has 2 saturated heterocycles. The van der Waals surface area contributed by atoms with E-state index in [0.29, 0.717) is 6.04 Å². The highest BCUT2D eigenvalue weighted by Gasteiger charge is 2.44. The maximum absolute atomic E-state index is 12.5. The summed E-state index contributed by atoms with van der Waals surface area (Å²) in [5.41, 5.74) is 0.428. The lowest BCUT2D eigenvalue weighted by Crippen LogP contribution is -2.58. The minimum absolute atomic E-state index is 0.00625. The van der Waals surface area contributed by atoms with Gasteiger partial charge in [0, 0.05) is 12.0 Å². The largest absolute Gasteiger partial charge is 0.351 e.